The van der Waals surface area contributed by atoms with E-state index in [2.05, 4.69) is 33.5 Å². The van der Waals surface area contributed by atoms with E-state index in [1.807, 2.05) is 29.3 Å². The number of amides is 1. The third kappa shape index (κ3) is 3.69. The molecule has 2 aromatic heterocycles. The van der Waals surface area contributed by atoms with Crippen LogP contribution in [0.25, 0.3) is 0 Å². The van der Waals surface area contributed by atoms with Gasteiger partial charge in [-0.2, -0.15) is 5.10 Å². The lowest BCUT2D eigenvalue weighted by Gasteiger charge is -2.22. The number of hydrogen-bond donors (Lipinski definition) is 0. The van der Waals surface area contributed by atoms with Gasteiger partial charge in [0.25, 0.3) is 0 Å². The van der Waals surface area contributed by atoms with Crippen molar-refractivity contribution >= 4 is 6.09 Å². The Morgan fingerprint density at radius 3 is 2.93 bits per heavy atom. The molecular weight excluding hydrogens is 342 g/mol. The summed E-state index contributed by atoms with van der Waals surface area (Å²) >= 11 is 0. The van der Waals surface area contributed by atoms with Crippen LogP contribution >= 0.6 is 0 Å². The van der Waals surface area contributed by atoms with Gasteiger partial charge in [-0.25, -0.2) is 4.79 Å². The SMILES string of the molecule is CCCn1ncc(CN2C[C@H]3OC(=O)N(CCc4ccccn4)[C@H]3C2)c1C. The van der Waals surface area contributed by atoms with Gasteiger partial charge in [0, 0.05) is 62.3 Å². The van der Waals surface area contributed by atoms with E-state index in [9.17, 15) is 4.79 Å². The highest BCUT2D eigenvalue weighted by Gasteiger charge is 2.47. The minimum absolute atomic E-state index is 0.0350. The molecule has 7 heteroatoms. The maximum absolute atomic E-state index is 12.3. The van der Waals surface area contributed by atoms with E-state index in [1.165, 1.54) is 11.3 Å². The zero-order valence-corrected chi connectivity index (χ0v) is 16.0. The van der Waals surface area contributed by atoms with Crippen molar-refractivity contribution in [3.8, 4) is 0 Å². The third-order valence-electron chi connectivity index (χ3n) is 5.57. The summed E-state index contributed by atoms with van der Waals surface area (Å²) in [6.45, 7) is 8.39. The molecule has 2 aliphatic rings. The predicted octanol–water partition coefficient (Wildman–Crippen LogP) is 2.24. The van der Waals surface area contributed by atoms with Gasteiger partial charge in [-0.3, -0.25) is 19.5 Å². The fourth-order valence-corrected chi connectivity index (χ4v) is 4.07. The molecule has 0 aliphatic carbocycles. The number of aromatic nitrogens is 3. The summed E-state index contributed by atoms with van der Waals surface area (Å²) in [6, 6.07) is 6.01. The molecule has 0 N–H and O–H groups in total. The molecule has 4 heterocycles. The van der Waals surface area contributed by atoms with Gasteiger partial charge in [0.15, 0.2) is 0 Å². The summed E-state index contributed by atoms with van der Waals surface area (Å²) in [5.74, 6) is 0. The molecule has 0 aromatic carbocycles. The molecule has 0 radical (unpaired) electrons. The molecule has 2 aromatic rings. The smallest absolute Gasteiger partial charge is 0.410 e. The van der Waals surface area contributed by atoms with Crippen LogP contribution in [0.5, 0.6) is 0 Å². The van der Waals surface area contributed by atoms with Crippen molar-refractivity contribution < 1.29 is 9.53 Å². The van der Waals surface area contributed by atoms with Gasteiger partial charge in [-0.1, -0.05) is 13.0 Å². The zero-order valence-electron chi connectivity index (χ0n) is 16.0. The van der Waals surface area contributed by atoms with Crippen LogP contribution in [-0.4, -0.2) is 62.4 Å². The molecule has 144 valence electrons. The number of aryl methyl sites for hydroxylation is 1. The average Bonchev–Trinajstić information content (AvgIpc) is 3.30. The highest BCUT2D eigenvalue weighted by Crippen LogP contribution is 2.28. The number of carbonyl (C=O) groups is 1. The quantitative estimate of drug-likeness (QED) is 0.749. The van der Waals surface area contributed by atoms with Crippen LogP contribution in [0.1, 0.15) is 30.3 Å². The van der Waals surface area contributed by atoms with Gasteiger partial charge >= 0.3 is 6.09 Å². The van der Waals surface area contributed by atoms with Crippen LogP contribution in [0.2, 0.25) is 0 Å². The van der Waals surface area contributed by atoms with Crippen molar-refractivity contribution in [3.63, 3.8) is 0 Å². The van der Waals surface area contributed by atoms with Crippen molar-refractivity contribution in [2.24, 2.45) is 0 Å². The number of pyridine rings is 1. The largest absolute Gasteiger partial charge is 0.442 e. The van der Waals surface area contributed by atoms with Gasteiger partial charge in [0.1, 0.15) is 6.10 Å². The Balaban J connectivity index is 1.37. The van der Waals surface area contributed by atoms with E-state index in [1.54, 1.807) is 6.20 Å². The second-order valence-electron chi connectivity index (χ2n) is 7.43. The Kier molecular flexibility index (Phi) is 5.11. The van der Waals surface area contributed by atoms with Crippen LogP contribution in [0, 0.1) is 6.92 Å². The standard InChI is InChI=1S/C20H27N5O2/c1-3-9-25-15(2)16(11-22-25)12-23-13-18-19(14-23)27-20(26)24(18)10-7-17-6-4-5-8-21-17/h4-6,8,11,18-19H,3,7,9-10,12-14H2,1-2H3/t18-,19+/m0/s1. The summed E-state index contributed by atoms with van der Waals surface area (Å²) in [5, 5.41) is 4.50. The van der Waals surface area contributed by atoms with Crippen molar-refractivity contribution in [1.29, 1.82) is 0 Å². The lowest BCUT2D eigenvalue weighted by molar-refractivity contribution is 0.120. The fourth-order valence-electron chi connectivity index (χ4n) is 4.07. The van der Waals surface area contributed by atoms with E-state index in [4.69, 9.17) is 4.74 Å². The summed E-state index contributed by atoms with van der Waals surface area (Å²) < 4.78 is 7.71. The van der Waals surface area contributed by atoms with Gasteiger partial charge < -0.3 is 4.74 Å². The van der Waals surface area contributed by atoms with E-state index in [-0.39, 0.29) is 18.2 Å². The maximum Gasteiger partial charge on any atom is 0.410 e. The summed E-state index contributed by atoms with van der Waals surface area (Å²) in [7, 11) is 0. The summed E-state index contributed by atoms with van der Waals surface area (Å²) in [5.41, 5.74) is 3.50. The van der Waals surface area contributed by atoms with Crippen molar-refractivity contribution in [3.05, 3.63) is 47.5 Å². The van der Waals surface area contributed by atoms with E-state index in [0.717, 1.165) is 44.7 Å². The summed E-state index contributed by atoms with van der Waals surface area (Å²) in [6.07, 6.45) is 5.38. The van der Waals surface area contributed by atoms with E-state index in [0.29, 0.717) is 6.54 Å². The number of fused-ring (bicyclic) bond motifs is 1. The molecule has 2 aliphatic heterocycles. The Morgan fingerprint density at radius 1 is 1.26 bits per heavy atom. The first-order chi connectivity index (χ1) is 13.2. The zero-order chi connectivity index (χ0) is 18.8. The fraction of sp³-hybridized carbons (Fsp3) is 0.550. The molecule has 1 amide bonds. The molecule has 0 bridgehead atoms. The number of rotatable bonds is 7. The second-order valence-corrected chi connectivity index (χ2v) is 7.43. The van der Waals surface area contributed by atoms with Gasteiger partial charge in [0.05, 0.1) is 12.2 Å². The van der Waals surface area contributed by atoms with Gasteiger partial charge in [-0.05, 0) is 25.5 Å². The molecule has 0 saturated carbocycles. The minimum Gasteiger partial charge on any atom is -0.442 e. The Labute approximate surface area is 159 Å². The maximum atomic E-state index is 12.3. The van der Waals surface area contributed by atoms with Crippen LogP contribution in [0.4, 0.5) is 4.79 Å². The second kappa shape index (κ2) is 7.68. The van der Waals surface area contributed by atoms with Crippen LogP contribution in [0.3, 0.4) is 0 Å². The Hall–Kier alpha value is -2.41. The molecule has 0 spiro atoms. The lowest BCUT2D eigenvalue weighted by Crippen LogP contribution is -2.39. The van der Waals surface area contributed by atoms with E-state index >= 15 is 0 Å². The molecule has 2 saturated heterocycles. The third-order valence-corrected chi connectivity index (χ3v) is 5.57. The molecule has 4 rings (SSSR count). The predicted molar refractivity (Wildman–Crippen MR) is 101 cm³/mol. The Bertz CT molecular complexity index is 791. The van der Waals surface area contributed by atoms with Gasteiger partial charge in [0.2, 0.25) is 0 Å². The first-order valence-corrected chi connectivity index (χ1v) is 9.76. The minimum atomic E-state index is -0.187. The molecule has 27 heavy (non-hydrogen) atoms. The number of hydrogen-bond acceptors (Lipinski definition) is 5. The molecule has 2 fully saturated rings. The molecular formula is C20H27N5O2. The monoisotopic (exact) mass is 369 g/mol. The molecule has 2 atom stereocenters. The Morgan fingerprint density at radius 2 is 2.15 bits per heavy atom. The van der Waals surface area contributed by atoms with Crippen LogP contribution < -0.4 is 0 Å². The number of likely N-dealkylation sites (tertiary alicyclic amines) is 1. The highest BCUT2D eigenvalue weighted by atomic mass is 16.6. The van der Waals surface area contributed by atoms with Crippen LogP contribution in [0.15, 0.2) is 30.6 Å². The van der Waals surface area contributed by atoms with Crippen molar-refractivity contribution in [1.82, 2.24) is 24.6 Å². The lowest BCUT2D eigenvalue weighted by atomic mass is 10.2. The molecule has 0 unspecified atom stereocenters. The average molecular weight is 369 g/mol. The number of nitrogens with zero attached hydrogens (tertiary/aromatic N) is 5. The number of ether oxygens (including phenoxy) is 1. The van der Waals surface area contributed by atoms with Crippen molar-refractivity contribution in [2.75, 3.05) is 19.6 Å². The highest BCUT2D eigenvalue weighted by molar-refractivity contribution is 5.71. The summed E-state index contributed by atoms with van der Waals surface area (Å²) in [4.78, 5) is 20.9. The number of carbonyl (C=O) groups excluding carboxylic acids is 1. The van der Waals surface area contributed by atoms with Crippen molar-refractivity contribution in [2.45, 2.75) is 51.9 Å². The van der Waals surface area contributed by atoms with E-state index < -0.39 is 0 Å². The first kappa shape index (κ1) is 18.0. The van der Waals surface area contributed by atoms with Gasteiger partial charge in [-0.15, -0.1) is 0 Å². The normalized spacial score (nSPS) is 22.3. The van der Waals surface area contributed by atoms with Crippen LogP contribution in [-0.2, 0) is 24.2 Å². The topological polar surface area (TPSA) is 63.5 Å². The molecule has 7 nitrogen and oxygen atoms in total. The first-order valence-electron chi connectivity index (χ1n) is 9.76.